The smallest absolute Gasteiger partial charge is 0.261 e. The summed E-state index contributed by atoms with van der Waals surface area (Å²) in [7, 11) is -3.81. The van der Waals surface area contributed by atoms with Gasteiger partial charge in [0.2, 0.25) is 0 Å². The van der Waals surface area contributed by atoms with Gasteiger partial charge in [0.1, 0.15) is 0 Å². The molecular weight excluding hydrogens is 418 g/mol. The van der Waals surface area contributed by atoms with Crippen LogP contribution in [0.3, 0.4) is 0 Å². The molecule has 1 aromatic heterocycles. The van der Waals surface area contributed by atoms with Crippen molar-refractivity contribution in [3.05, 3.63) is 70.2 Å². The number of carbonyl (C=O) groups excluding carboxylic acids is 1. The molecule has 1 atom stereocenters. The van der Waals surface area contributed by atoms with Gasteiger partial charge in [0.05, 0.1) is 21.8 Å². The van der Waals surface area contributed by atoms with Crippen molar-refractivity contribution in [1.82, 2.24) is 4.98 Å². The van der Waals surface area contributed by atoms with Crippen molar-refractivity contribution >= 4 is 38.1 Å². The Morgan fingerprint density at radius 2 is 1.87 bits per heavy atom. The molecule has 2 aromatic carbocycles. The minimum Gasteiger partial charge on any atom is -0.298 e. The summed E-state index contributed by atoms with van der Waals surface area (Å²) in [5.41, 5.74) is 2.50. The van der Waals surface area contributed by atoms with Crippen LogP contribution in [0.25, 0.3) is 0 Å². The first kappa shape index (κ1) is 20.6. The van der Waals surface area contributed by atoms with Crippen LogP contribution in [0.15, 0.2) is 53.4 Å². The zero-order valence-corrected chi connectivity index (χ0v) is 18.4. The highest BCUT2D eigenvalue weighted by atomic mass is 32.2. The average molecular weight is 442 g/mol. The molecule has 0 saturated carbocycles. The Kier molecular flexibility index (Phi) is 5.62. The van der Waals surface area contributed by atoms with E-state index in [4.69, 9.17) is 0 Å². The van der Waals surface area contributed by atoms with Crippen molar-refractivity contribution in [2.45, 2.75) is 38.0 Å². The summed E-state index contributed by atoms with van der Waals surface area (Å²) in [6, 6.07) is 13.1. The minimum absolute atomic E-state index is 0.144. The summed E-state index contributed by atoms with van der Waals surface area (Å²) in [5.74, 6) is 0.231. The fraction of sp³-hybridized carbons (Fsp3) is 0.273. The van der Waals surface area contributed by atoms with Crippen LogP contribution < -0.4 is 10.0 Å². The first-order chi connectivity index (χ1) is 14.3. The zero-order chi connectivity index (χ0) is 21.3. The number of anilines is 2. The molecule has 0 radical (unpaired) electrons. The third-order valence-electron chi connectivity index (χ3n) is 5.15. The largest absolute Gasteiger partial charge is 0.298 e. The average Bonchev–Trinajstić information content (AvgIpc) is 3.09. The Balaban J connectivity index is 1.56. The highest BCUT2D eigenvalue weighted by Gasteiger charge is 2.22. The summed E-state index contributed by atoms with van der Waals surface area (Å²) >= 11 is 1.50. The number of thiazole rings is 1. The van der Waals surface area contributed by atoms with Crippen molar-refractivity contribution in [2.75, 3.05) is 10.0 Å². The third-order valence-corrected chi connectivity index (χ3v) is 7.57. The van der Waals surface area contributed by atoms with Crippen molar-refractivity contribution < 1.29 is 13.2 Å². The Morgan fingerprint density at radius 1 is 1.13 bits per heavy atom. The summed E-state index contributed by atoms with van der Waals surface area (Å²) in [6.07, 6.45) is 3.01. The molecule has 0 unspecified atom stereocenters. The van der Waals surface area contributed by atoms with Crippen LogP contribution in [0, 0.1) is 12.8 Å². The number of benzene rings is 2. The second-order valence-corrected chi connectivity index (χ2v) is 10.4. The Hall–Kier alpha value is -2.71. The maximum absolute atomic E-state index is 12.9. The zero-order valence-electron chi connectivity index (χ0n) is 16.8. The molecule has 2 N–H and O–H groups in total. The summed E-state index contributed by atoms with van der Waals surface area (Å²) in [5, 5.41) is 3.39. The van der Waals surface area contributed by atoms with Crippen LogP contribution in [-0.2, 0) is 22.9 Å². The molecule has 0 bridgehead atoms. The molecule has 0 fully saturated rings. The maximum atomic E-state index is 12.9. The summed E-state index contributed by atoms with van der Waals surface area (Å²) in [4.78, 5) is 18.8. The number of nitrogens with zero attached hydrogens (tertiary/aromatic N) is 1. The minimum atomic E-state index is -3.81. The van der Waals surface area contributed by atoms with Gasteiger partial charge in [-0.3, -0.25) is 14.8 Å². The van der Waals surface area contributed by atoms with E-state index >= 15 is 0 Å². The van der Waals surface area contributed by atoms with E-state index in [0.717, 1.165) is 30.5 Å². The predicted molar refractivity (Wildman–Crippen MR) is 120 cm³/mol. The lowest BCUT2D eigenvalue weighted by Crippen LogP contribution is -2.18. The van der Waals surface area contributed by atoms with Gasteiger partial charge < -0.3 is 0 Å². The molecule has 4 rings (SSSR count). The predicted octanol–water partition coefficient (Wildman–Crippen LogP) is 4.63. The number of hydrogen-bond donors (Lipinski definition) is 2. The number of fused-ring (bicyclic) bond motifs is 1. The normalized spacial score (nSPS) is 16.0. The van der Waals surface area contributed by atoms with Crippen molar-refractivity contribution in [3.8, 4) is 0 Å². The fourth-order valence-corrected chi connectivity index (χ4v) is 5.70. The van der Waals surface area contributed by atoms with Gasteiger partial charge in [0.25, 0.3) is 15.9 Å². The van der Waals surface area contributed by atoms with E-state index in [2.05, 4.69) is 21.9 Å². The molecule has 1 aliphatic carbocycles. The van der Waals surface area contributed by atoms with E-state index in [1.807, 2.05) is 6.92 Å². The number of hydrogen-bond acceptors (Lipinski definition) is 5. The second-order valence-electron chi connectivity index (χ2n) is 7.66. The molecule has 156 valence electrons. The first-order valence-electron chi connectivity index (χ1n) is 9.80. The third kappa shape index (κ3) is 4.39. The van der Waals surface area contributed by atoms with E-state index in [0.29, 0.717) is 11.0 Å². The second kappa shape index (κ2) is 8.20. The number of carbonyl (C=O) groups is 1. The van der Waals surface area contributed by atoms with Crippen LogP contribution in [0.1, 0.15) is 39.8 Å². The number of rotatable bonds is 5. The Morgan fingerprint density at radius 3 is 2.63 bits per heavy atom. The maximum Gasteiger partial charge on any atom is 0.261 e. The van der Waals surface area contributed by atoms with Gasteiger partial charge in [-0.05, 0) is 56.4 Å². The lowest BCUT2D eigenvalue weighted by Gasteiger charge is -2.15. The number of sulfonamides is 1. The number of aryl methyl sites for hydroxylation is 2. The monoisotopic (exact) mass is 441 g/mol. The molecule has 1 amide bonds. The summed E-state index contributed by atoms with van der Waals surface area (Å²) in [6.45, 7) is 4.11. The van der Waals surface area contributed by atoms with Crippen LogP contribution in [0.5, 0.6) is 0 Å². The SMILES string of the molecule is Cc1ccc(S(=O)(=O)Nc2ccccc2C(=O)Nc2nc3c(s2)C[C@@H](C)CC3)cc1. The fourth-order valence-electron chi connectivity index (χ4n) is 3.45. The van der Waals surface area contributed by atoms with Gasteiger partial charge in [-0.15, -0.1) is 11.3 Å². The number of nitrogens with one attached hydrogen (secondary N) is 2. The number of amides is 1. The molecule has 8 heteroatoms. The van der Waals surface area contributed by atoms with E-state index in [1.54, 1.807) is 48.5 Å². The van der Waals surface area contributed by atoms with Gasteiger partial charge in [0.15, 0.2) is 5.13 Å². The quantitative estimate of drug-likeness (QED) is 0.604. The van der Waals surface area contributed by atoms with Crippen LogP contribution in [-0.4, -0.2) is 19.3 Å². The molecule has 3 aromatic rings. The van der Waals surface area contributed by atoms with Gasteiger partial charge >= 0.3 is 0 Å². The van der Waals surface area contributed by atoms with E-state index < -0.39 is 15.9 Å². The van der Waals surface area contributed by atoms with Gasteiger partial charge in [0, 0.05) is 4.88 Å². The molecule has 0 saturated heterocycles. The molecule has 0 aliphatic heterocycles. The molecule has 6 nitrogen and oxygen atoms in total. The Bertz CT molecular complexity index is 1180. The molecule has 0 spiro atoms. The van der Waals surface area contributed by atoms with Crippen LogP contribution in [0.2, 0.25) is 0 Å². The van der Waals surface area contributed by atoms with Gasteiger partial charge in [-0.25, -0.2) is 13.4 Å². The van der Waals surface area contributed by atoms with Crippen LogP contribution in [0.4, 0.5) is 10.8 Å². The molecular formula is C22H23N3O3S2. The summed E-state index contributed by atoms with van der Waals surface area (Å²) < 4.78 is 28.1. The van der Waals surface area contributed by atoms with Gasteiger partial charge in [-0.1, -0.05) is 36.8 Å². The highest BCUT2D eigenvalue weighted by Crippen LogP contribution is 2.32. The number of aromatic nitrogens is 1. The van der Waals surface area contributed by atoms with Crippen LogP contribution >= 0.6 is 11.3 Å². The topological polar surface area (TPSA) is 88.2 Å². The molecule has 1 aliphatic rings. The Labute approximate surface area is 180 Å². The van der Waals surface area contributed by atoms with Crippen molar-refractivity contribution in [3.63, 3.8) is 0 Å². The standard InChI is InChI=1S/C22H23N3O3S2/c1-14-7-10-16(11-8-14)30(27,28)25-18-6-4-3-5-17(18)21(26)24-22-23-19-12-9-15(2)13-20(19)29-22/h3-8,10-11,15,25H,9,12-13H2,1-2H3,(H,23,24,26)/t15-/m0/s1. The van der Waals surface area contributed by atoms with E-state index in [9.17, 15) is 13.2 Å². The van der Waals surface area contributed by atoms with Crippen molar-refractivity contribution in [2.24, 2.45) is 5.92 Å². The highest BCUT2D eigenvalue weighted by molar-refractivity contribution is 7.92. The van der Waals surface area contributed by atoms with Gasteiger partial charge in [-0.2, -0.15) is 0 Å². The van der Waals surface area contributed by atoms with E-state index in [-0.39, 0.29) is 16.1 Å². The van der Waals surface area contributed by atoms with Crippen molar-refractivity contribution in [1.29, 1.82) is 0 Å². The number of para-hydroxylation sites is 1. The van der Waals surface area contributed by atoms with E-state index in [1.165, 1.54) is 16.2 Å². The lowest BCUT2D eigenvalue weighted by molar-refractivity contribution is 0.102. The molecule has 30 heavy (non-hydrogen) atoms. The lowest BCUT2D eigenvalue weighted by atomic mass is 9.93. The molecule has 1 heterocycles. The first-order valence-corrected chi connectivity index (χ1v) is 12.1.